The number of nitrogens with one attached hydrogen (secondary N) is 1. The molecule has 0 aliphatic heterocycles. The average Bonchev–Trinajstić information content (AvgIpc) is 0.722. The van der Waals surface area contributed by atoms with E-state index in [9.17, 15) is 0 Å². The first-order valence-corrected chi connectivity index (χ1v) is 1.75. The van der Waals surface area contributed by atoms with Crippen LogP contribution in [-0.2, 0) is 21.1 Å². The van der Waals surface area contributed by atoms with Crippen molar-refractivity contribution in [2.24, 2.45) is 0 Å². The van der Waals surface area contributed by atoms with Gasteiger partial charge >= 0.3 is 21.1 Å². The first-order chi connectivity index (χ1) is 2.00. The van der Waals surface area contributed by atoms with Gasteiger partial charge in [0.1, 0.15) is 0 Å². The molecule has 0 rings (SSSR count). The van der Waals surface area contributed by atoms with Crippen molar-refractivity contribution in [2.75, 3.05) is 0 Å². The van der Waals surface area contributed by atoms with Gasteiger partial charge in [-0.05, 0) is 0 Å². The number of hydrogen-bond acceptors (Lipinski definition) is 0. The molecule has 0 aliphatic carbocycles. The summed E-state index contributed by atoms with van der Waals surface area (Å²) in [4.78, 5) is 0. The van der Waals surface area contributed by atoms with Crippen LogP contribution >= 0.6 is 0 Å². The quantitative estimate of drug-likeness (QED) is 0.615. The van der Waals surface area contributed by atoms with E-state index in [0.717, 1.165) is 0 Å². The molecule has 0 radical (unpaired) electrons. The minimum Gasteiger partial charge on any atom is -0.693 e. The topological polar surface area (TPSA) is 57.3 Å². The summed E-state index contributed by atoms with van der Waals surface area (Å²) in [5.41, 5.74) is 6.69. The van der Waals surface area contributed by atoms with Crippen molar-refractivity contribution in [2.45, 2.75) is 26.3 Å². The van der Waals surface area contributed by atoms with Crippen LogP contribution in [0.2, 0.25) is 0 Å². The number of hydrogen-bond donors (Lipinski definition) is 0. The molecule has 3 heteroatoms. The maximum Gasteiger partial charge on any atom is 4.00 e. The second-order valence-electron chi connectivity index (χ2n) is 2.25. The molecule has 3 N–H and O–H groups in total. The van der Waals surface area contributed by atoms with Crippen molar-refractivity contribution in [3.8, 4) is 0 Å². The van der Waals surface area contributed by atoms with Gasteiger partial charge in [0, 0.05) is 0 Å². The molecule has 0 aromatic rings. The molecule has 0 spiro atoms. The zero-order chi connectivity index (χ0) is 4.50. The van der Waals surface area contributed by atoms with Crippen molar-refractivity contribution >= 4 is 0 Å². The van der Waals surface area contributed by atoms with E-state index in [1.165, 1.54) is 0 Å². The summed E-state index contributed by atoms with van der Waals surface area (Å²) in [6, 6.07) is 0. The van der Waals surface area contributed by atoms with E-state index in [1.807, 2.05) is 20.8 Å². The van der Waals surface area contributed by atoms with Crippen molar-refractivity contribution < 1.29 is 21.1 Å². The van der Waals surface area contributed by atoms with Crippen molar-refractivity contribution in [3.63, 3.8) is 0 Å². The van der Waals surface area contributed by atoms with E-state index in [4.69, 9.17) is 5.73 Å². The molecule has 0 saturated heterocycles. The summed E-state index contributed by atoms with van der Waals surface area (Å²) in [7, 11) is 0. The summed E-state index contributed by atoms with van der Waals surface area (Å²) < 4.78 is 0. The van der Waals surface area contributed by atoms with Crippen LogP contribution in [0.25, 0.3) is 11.9 Å². The van der Waals surface area contributed by atoms with Crippen molar-refractivity contribution in [1.82, 2.24) is 0 Å². The van der Waals surface area contributed by atoms with Crippen LogP contribution in [0.5, 0.6) is 0 Å². The Kier molecular flexibility index (Phi) is 42.5. The number of rotatable bonds is 0. The molecule has 62 valence electrons. The van der Waals surface area contributed by atoms with Gasteiger partial charge in [-0.2, -0.15) is 0 Å². The first kappa shape index (κ1) is 33.5. The second kappa shape index (κ2) is 11.4. The molecule has 0 atom stereocenters. The second-order valence-corrected chi connectivity index (χ2v) is 2.25. The molecule has 0 amide bonds. The smallest absolute Gasteiger partial charge is 0.693 e. The van der Waals surface area contributed by atoms with E-state index in [2.05, 4.69) is 0 Å². The fourth-order valence-corrected chi connectivity index (χ4v) is 0. The van der Waals surface area contributed by atoms with E-state index in [-0.39, 0.29) is 47.6 Å². The van der Waals surface area contributed by atoms with Gasteiger partial charge in [-0.25, -0.2) is 0 Å². The predicted molar refractivity (Wildman–Crippen MR) is 42.2 cm³/mol. The Bertz CT molecular complexity index is 26.5. The molecule has 2 nitrogen and oxygen atoms in total. The molecule has 0 saturated carbocycles. The largest absolute Gasteiger partial charge is 4.00 e. The normalized spacial score (nSPS) is 6.67. The Hall–Kier alpha value is 0.608. The molecule has 0 aliphatic rings. The molecule has 9 heavy (non-hydrogen) atoms. The fraction of sp³-hybridized carbons (Fsp3) is 0.667. The average molecular weight is 313 g/mol. The molecular formula is C6H18N2Pt. The molecule has 0 bridgehead atoms. The Morgan fingerprint density at radius 1 is 1.00 bits per heavy atom. The van der Waals surface area contributed by atoms with E-state index in [0.29, 0.717) is 0 Å². The Balaban J connectivity index is -0.0000000133. The monoisotopic (exact) mass is 313 g/mol. The van der Waals surface area contributed by atoms with Gasteiger partial charge in [-0.3, -0.25) is 0 Å². The summed E-state index contributed by atoms with van der Waals surface area (Å²) in [5.74, 6) is 0. The van der Waals surface area contributed by atoms with Gasteiger partial charge < -0.3 is 26.7 Å². The van der Waals surface area contributed by atoms with Gasteiger partial charge in [0.25, 0.3) is 0 Å². The minimum atomic E-state index is -0.250. The van der Waals surface area contributed by atoms with E-state index >= 15 is 0 Å². The summed E-state index contributed by atoms with van der Waals surface area (Å²) in [6.07, 6.45) is 0. The van der Waals surface area contributed by atoms with Crippen LogP contribution in [0.3, 0.4) is 0 Å². The van der Waals surface area contributed by atoms with Gasteiger partial charge in [-0.1, -0.05) is 20.8 Å². The zero-order valence-electron chi connectivity index (χ0n) is 6.89. The number of nitrogens with two attached hydrogens (primary N) is 1. The first-order valence-electron chi connectivity index (χ1n) is 1.75. The maximum absolute atomic E-state index is 6.94. The van der Waals surface area contributed by atoms with Crippen LogP contribution in [0, 0.1) is 14.9 Å². The van der Waals surface area contributed by atoms with E-state index < -0.39 is 0 Å². The van der Waals surface area contributed by atoms with Crippen LogP contribution in [0.4, 0.5) is 0 Å². The molecule has 0 aromatic carbocycles. The molecule has 0 aromatic heterocycles. The predicted octanol–water partition coefficient (Wildman–Crippen LogP) is 3.45. The van der Waals surface area contributed by atoms with Crippen LogP contribution in [0.15, 0.2) is 0 Å². The Morgan fingerprint density at radius 2 is 1.00 bits per heavy atom. The third kappa shape index (κ3) is 1020. The van der Waals surface area contributed by atoms with Gasteiger partial charge in [-0.15, -0.1) is 5.54 Å². The van der Waals surface area contributed by atoms with Crippen molar-refractivity contribution in [3.05, 3.63) is 26.7 Å². The Morgan fingerprint density at radius 3 is 1.00 bits per heavy atom. The molecular weight excluding hydrogens is 295 g/mol. The Labute approximate surface area is 74.4 Å². The van der Waals surface area contributed by atoms with Gasteiger partial charge in [0.2, 0.25) is 0 Å². The zero-order valence-corrected chi connectivity index (χ0v) is 9.17. The van der Waals surface area contributed by atoms with E-state index in [1.54, 1.807) is 0 Å². The van der Waals surface area contributed by atoms with Crippen LogP contribution < -0.4 is 0 Å². The summed E-state index contributed by atoms with van der Waals surface area (Å²) in [6.45, 7) is 5.56. The SMILES string of the molecule is CC(C)(C)[NH-].[CH3-].[CH3-].[NH2-].[Pt+4]. The van der Waals surface area contributed by atoms with Gasteiger partial charge in [0.15, 0.2) is 0 Å². The van der Waals surface area contributed by atoms with Crippen molar-refractivity contribution in [1.29, 1.82) is 0 Å². The summed E-state index contributed by atoms with van der Waals surface area (Å²) in [5, 5.41) is 0. The third-order valence-electron chi connectivity index (χ3n) is 0. The molecule has 0 unspecified atom stereocenters. The minimum absolute atomic E-state index is 0. The summed E-state index contributed by atoms with van der Waals surface area (Å²) >= 11 is 0. The molecule has 0 fully saturated rings. The van der Waals surface area contributed by atoms with Crippen LogP contribution in [-0.4, -0.2) is 5.54 Å². The van der Waals surface area contributed by atoms with Crippen LogP contribution in [0.1, 0.15) is 20.8 Å². The maximum atomic E-state index is 6.94. The third-order valence-corrected chi connectivity index (χ3v) is 0. The fourth-order valence-electron chi connectivity index (χ4n) is 0. The van der Waals surface area contributed by atoms with Gasteiger partial charge in [0.05, 0.1) is 0 Å². The standard InChI is InChI=1S/C4H10N.2CH3.H2N.Pt/c1-4(2,3)5;;;;/h5H,1-3H3;2*1H3;1H2;/q4*-1;+4. The molecule has 0 heterocycles.